The summed E-state index contributed by atoms with van der Waals surface area (Å²) in [5.74, 6) is 2.02. The van der Waals surface area contributed by atoms with Crippen molar-refractivity contribution in [2.24, 2.45) is 7.05 Å². The molecule has 9 heteroatoms. The molecule has 0 spiro atoms. The summed E-state index contributed by atoms with van der Waals surface area (Å²) in [5, 5.41) is 6.87. The number of anilines is 1. The normalized spacial score (nSPS) is 11.2. The van der Waals surface area contributed by atoms with Crippen molar-refractivity contribution in [3.05, 3.63) is 65.0 Å². The van der Waals surface area contributed by atoms with Gasteiger partial charge in [0.1, 0.15) is 23.9 Å². The summed E-state index contributed by atoms with van der Waals surface area (Å²) in [6.07, 6.45) is 3.61. The third-order valence-corrected chi connectivity index (χ3v) is 6.79. The average molecular weight is 465 g/mol. The van der Waals surface area contributed by atoms with Crippen LogP contribution in [0.4, 0.5) is 5.69 Å². The predicted octanol–water partition coefficient (Wildman–Crippen LogP) is 5.15. The molecule has 3 aromatic heterocycles. The molecule has 32 heavy (non-hydrogen) atoms. The molecule has 0 radical (unpaired) electrons. The number of nitrogens with zero attached hydrogens (tertiary/aromatic N) is 3. The van der Waals surface area contributed by atoms with E-state index in [1.54, 1.807) is 41.0 Å². The number of imidazole rings is 1. The summed E-state index contributed by atoms with van der Waals surface area (Å²) >= 11 is 3.26. The lowest BCUT2D eigenvalue weighted by Gasteiger charge is -2.10. The Morgan fingerprint density at radius 2 is 2.03 bits per heavy atom. The number of ether oxygens (including phenoxy) is 2. The first-order valence-electron chi connectivity index (χ1n) is 9.96. The quantitative estimate of drug-likeness (QED) is 0.360. The number of carbonyl (C=O) groups excluding carboxylic acids is 1. The Kier molecular flexibility index (Phi) is 5.50. The SMILES string of the molecule is Cc1nc2c(cc(OCC(=O)Nc3ccc(OCc4nccn4C)cc3)c3ccsc32)s1. The molecule has 1 N–H and O–H groups in total. The van der Waals surface area contributed by atoms with E-state index in [-0.39, 0.29) is 12.5 Å². The van der Waals surface area contributed by atoms with Crippen LogP contribution in [0.1, 0.15) is 10.8 Å². The van der Waals surface area contributed by atoms with Crippen molar-refractivity contribution in [3.8, 4) is 11.5 Å². The van der Waals surface area contributed by atoms with Crippen LogP contribution in [0.5, 0.6) is 11.5 Å². The number of carbonyl (C=O) groups is 1. The van der Waals surface area contributed by atoms with E-state index >= 15 is 0 Å². The highest BCUT2D eigenvalue weighted by molar-refractivity contribution is 7.21. The number of fused-ring (bicyclic) bond motifs is 3. The van der Waals surface area contributed by atoms with Gasteiger partial charge < -0.3 is 19.4 Å². The van der Waals surface area contributed by atoms with E-state index in [0.717, 1.165) is 31.1 Å². The second-order valence-electron chi connectivity index (χ2n) is 7.22. The lowest BCUT2D eigenvalue weighted by Crippen LogP contribution is -2.20. The smallest absolute Gasteiger partial charge is 0.262 e. The first-order chi connectivity index (χ1) is 15.6. The van der Waals surface area contributed by atoms with Gasteiger partial charge in [0, 0.05) is 36.6 Å². The maximum Gasteiger partial charge on any atom is 0.262 e. The third-order valence-electron chi connectivity index (χ3n) is 4.95. The number of nitrogens with one attached hydrogen (secondary N) is 1. The molecule has 0 saturated heterocycles. The minimum Gasteiger partial charge on any atom is -0.486 e. The number of hydrogen-bond acceptors (Lipinski definition) is 7. The van der Waals surface area contributed by atoms with Crippen LogP contribution in [0.15, 0.2) is 54.2 Å². The first kappa shape index (κ1) is 20.5. The molecule has 0 aliphatic carbocycles. The van der Waals surface area contributed by atoms with Gasteiger partial charge in [-0.1, -0.05) is 0 Å². The minimum absolute atomic E-state index is 0.0777. The molecule has 0 atom stereocenters. The fraction of sp³-hybridized carbons (Fsp3) is 0.174. The predicted molar refractivity (Wildman–Crippen MR) is 128 cm³/mol. The van der Waals surface area contributed by atoms with Gasteiger partial charge in [-0.15, -0.1) is 22.7 Å². The first-order valence-corrected chi connectivity index (χ1v) is 11.7. The molecule has 0 bridgehead atoms. The maximum absolute atomic E-state index is 12.4. The summed E-state index contributed by atoms with van der Waals surface area (Å²) in [4.78, 5) is 21.3. The lowest BCUT2D eigenvalue weighted by atomic mass is 10.2. The summed E-state index contributed by atoms with van der Waals surface area (Å²) in [6.45, 7) is 2.29. The van der Waals surface area contributed by atoms with Gasteiger partial charge in [0.15, 0.2) is 6.61 Å². The number of amides is 1. The van der Waals surface area contributed by atoms with Crippen molar-refractivity contribution in [1.29, 1.82) is 0 Å². The summed E-state index contributed by atoms with van der Waals surface area (Å²) in [7, 11) is 1.92. The zero-order valence-corrected chi connectivity index (χ0v) is 19.1. The fourth-order valence-corrected chi connectivity index (χ4v) is 5.20. The Morgan fingerprint density at radius 1 is 1.19 bits per heavy atom. The average Bonchev–Trinajstić information content (AvgIpc) is 3.50. The molecule has 0 unspecified atom stereocenters. The van der Waals surface area contributed by atoms with Gasteiger partial charge in [0.2, 0.25) is 0 Å². The van der Waals surface area contributed by atoms with Crippen molar-refractivity contribution in [2.45, 2.75) is 13.5 Å². The number of thiazole rings is 1. The molecule has 0 aliphatic heterocycles. The molecule has 0 saturated carbocycles. The van der Waals surface area contributed by atoms with Crippen LogP contribution in [-0.2, 0) is 18.4 Å². The van der Waals surface area contributed by atoms with Crippen LogP contribution in [0, 0.1) is 6.92 Å². The number of rotatable bonds is 7. The second-order valence-corrected chi connectivity index (χ2v) is 9.37. The molecule has 5 aromatic rings. The van der Waals surface area contributed by atoms with Gasteiger partial charge in [-0.2, -0.15) is 0 Å². The molecule has 0 aliphatic rings. The van der Waals surface area contributed by atoms with Crippen molar-refractivity contribution in [1.82, 2.24) is 14.5 Å². The largest absolute Gasteiger partial charge is 0.486 e. The molecule has 5 rings (SSSR count). The van der Waals surface area contributed by atoms with Gasteiger partial charge in [0.25, 0.3) is 5.91 Å². The highest BCUT2D eigenvalue weighted by Crippen LogP contribution is 2.38. The zero-order valence-electron chi connectivity index (χ0n) is 17.5. The van der Waals surface area contributed by atoms with Gasteiger partial charge in [-0.05, 0) is 42.6 Å². The monoisotopic (exact) mass is 464 g/mol. The summed E-state index contributed by atoms with van der Waals surface area (Å²) in [5.41, 5.74) is 1.68. The fourth-order valence-electron chi connectivity index (χ4n) is 3.36. The molecule has 3 heterocycles. The number of benzene rings is 2. The Hall–Kier alpha value is -3.43. The Labute approximate surface area is 192 Å². The van der Waals surface area contributed by atoms with E-state index in [0.29, 0.717) is 23.8 Å². The standard InChI is InChI=1S/C23H20N4O3S2/c1-14-25-22-19(32-14)11-18(17-7-10-31-23(17)22)30-13-21(28)26-15-3-5-16(6-4-15)29-12-20-24-8-9-27(20)2/h3-11H,12-13H2,1-2H3,(H,26,28). The Morgan fingerprint density at radius 3 is 2.81 bits per heavy atom. The van der Waals surface area contributed by atoms with Crippen LogP contribution in [0.2, 0.25) is 0 Å². The van der Waals surface area contributed by atoms with E-state index < -0.39 is 0 Å². The van der Waals surface area contributed by atoms with E-state index in [9.17, 15) is 4.79 Å². The molecule has 0 fully saturated rings. The van der Waals surface area contributed by atoms with E-state index in [2.05, 4.69) is 15.3 Å². The van der Waals surface area contributed by atoms with Crippen LogP contribution < -0.4 is 14.8 Å². The maximum atomic E-state index is 12.4. The summed E-state index contributed by atoms with van der Waals surface area (Å²) < 4.78 is 15.7. The molecule has 162 valence electrons. The van der Waals surface area contributed by atoms with E-state index in [1.807, 2.05) is 54.4 Å². The van der Waals surface area contributed by atoms with Crippen molar-refractivity contribution in [2.75, 3.05) is 11.9 Å². The number of thiophene rings is 1. The molecule has 2 aromatic carbocycles. The Bertz CT molecular complexity index is 1400. The van der Waals surface area contributed by atoms with Crippen LogP contribution in [-0.4, -0.2) is 27.0 Å². The highest BCUT2D eigenvalue weighted by Gasteiger charge is 2.14. The van der Waals surface area contributed by atoms with Crippen LogP contribution in [0.3, 0.4) is 0 Å². The number of aromatic nitrogens is 3. The molecule has 1 amide bonds. The zero-order chi connectivity index (χ0) is 22.1. The van der Waals surface area contributed by atoms with E-state index in [4.69, 9.17) is 9.47 Å². The van der Waals surface area contributed by atoms with Crippen molar-refractivity contribution >= 4 is 54.6 Å². The minimum atomic E-state index is -0.226. The highest BCUT2D eigenvalue weighted by atomic mass is 32.1. The van der Waals surface area contributed by atoms with E-state index in [1.165, 1.54) is 0 Å². The lowest BCUT2D eigenvalue weighted by molar-refractivity contribution is -0.118. The second kappa shape index (κ2) is 8.60. The summed E-state index contributed by atoms with van der Waals surface area (Å²) in [6, 6.07) is 11.2. The van der Waals surface area contributed by atoms with Gasteiger partial charge >= 0.3 is 0 Å². The van der Waals surface area contributed by atoms with Gasteiger partial charge in [-0.25, -0.2) is 9.97 Å². The topological polar surface area (TPSA) is 78.3 Å². The van der Waals surface area contributed by atoms with Crippen molar-refractivity contribution in [3.63, 3.8) is 0 Å². The number of hydrogen-bond donors (Lipinski definition) is 1. The van der Waals surface area contributed by atoms with Crippen LogP contribution in [0.25, 0.3) is 20.3 Å². The number of aryl methyl sites for hydroxylation is 2. The molecule has 7 nitrogen and oxygen atoms in total. The third kappa shape index (κ3) is 4.17. The van der Waals surface area contributed by atoms with Gasteiger partial charge in [-0.3, -0.25) is 4.79 Å². The van der Waals surface area contributed by atoms with Gasteiger partial charge in [0.05, 0.1) is 19.9 Å². The molecular formula is C23H20N4O3S2. The molecular weight excluding hydrogens is 444 g/mol. The Balaban J connectivity index is 1.20. The van der Waals surface area contributed by atoms with Crippen LogP contribution >= 0.6 is 22.7 Å². The van der Waals surface area contributed by atoms with Crippen molar-refractivity contribution < 1.29 is 14.3 Å².